The molecule has 2 N–H and O–H groups in total. The molecule has 0 saturated carbocycles. The smallest absolute Gasteiger partial charge is 0.124 e. The molecule has 0 fully saturated rings. The SMILES string of the molecule is COc1cccc(OCc2ccc(F)cc2C#CCN)c1. The molecule has 0 bridgehead atoms. The summed E-state index contributed by atoms with van der Waals surface area (Å²) in [6, 6.07) is 11.7. The molecule has 0 heterocycles. The zero-order chi connectivity index (χ0) is 15.1. The van der Waals surface area contributed by atoms with Crippen molar-refractivity contribution in [3.05, 3.63) is 59.4 Å². The summed E-state index contributed by atoms with van der Waals surface area (Å²) in [6.45, 7) is 0.523. The molecule has 0 aliphatic heterocycles. The molecular weight excluding hydrogens is 269 g/mol. The highest BCUT2D eigenvalue weighted by Gasteiger charge is 2.04. The molecule has 4 heteroatoms. The average Bonchev–Trinajstić information content (AvgIpc) is 2.52. The van der Waals surface area contributed by atoms with Gasteiger partial charge in [-0.15, -0.1) is 0 Å². The fourth-order valence-corrected chi connectivity index (χ4v) is 1.79. The Hall–Kier alpha value is -2.51. The van der Waals surface area contributed by atoms with Crippen LogP contribution in [0.5, 0.6) is 11.5 Å². The summed E-state index contributed by atoms with van der Waals surface area (Å²) in [5.74, 6) is 6.64. The van der Waals surface area contributed by atoms with Gasteiger partial charge in [-0.1, -0.05) is 24.0 Å². The van der Waals surface area contributed by atoms with Crippen LogP contribution in [0.1, 0.15) is 11.1 Å². The van der Waals surface area contributed by atoms with Crippen molar-refractivity contribution in [2.75, 3.05) is 13.7 Å². The van der Waals surface area contributed by atoms with Crippen LogP contribution in [0.3, 0.4) is 0 Å². The van der Waals surface area contributed by atoms with Gasteiger partial charge < -0.3 is 15.2 Å². The largest absolute Gasteiger partial charge is 0.497 e. The predicted molar refractivity (Wildman–Crippen MR) is 79.7 cm³/mol. The zero-order valence-electron chi connectivity index (χ0n) is 11.7. The number of hydrogen-bond acceptors (Lipinski definition) is 3. The van der Waals surface area contributed by atoms with E-state index in [1.165, 1.54) is 12.1 Å². The minimum atomic E-state index is -0.332. The van der Waals surface area contributed by atoms with Crippen LogP contribution in [0.25, 0.3) is 0 Å². The van der Waals surface area contributed by atoms with E-state index in [4.69, 9.17) is 15.2 Å². The summed E-state index contributed by atoms with van der Waals surface area (Å²) >= 11 is 0. The molecule has 0 aromatic heterocycles. The Morgan fingerprint density at radius 3 is 2.71 bits per heavy atom. The molecule has 0 atom stereocenters. The zero-order valence-corrected chi connectivity index (χ0v) is 11.7. The van der Waals surface area contributed by atoms with E-state index in [1.54, 1.807) is 19.2 Å². The van der Waals surface area contributed by atoms with Gasteiger partial charge in [-0.2, -0.15) is 0 Å². The van der Waals surface area contributed by atoms with Gasteiger partial charge in [0.15, 0.2) is 0 Å². The molecule has 0 radical (unpaired) electrons. The van der Waals surface area contributed by atoms with E-state index in [1.807, 2.05) is 18.2 Å². The molecule has 0 saturated heterocycles. The Kier molecular flexibility index (Phi) is 5.19. The van der Waals surface area contributed by atoms with Crippen LogP contribution >= 0.6 is 0 Å². The first-order valence-corrected chi connectivity index (χ1v) is 6.47. The van der Waals surface area contributed by atoms with Gasteiger partial charge in [0.1, 0.15) is 23.9 Å². The van der Waals surface area contributed by atoms with Gasteiger partial charge in [-0.05, 0) is 24.3 Å². The Morgan fingerprint density at radius 2 is 1.95 bits per heavy atom. The summed E-state index contributed by atoms with van der Waals surface area (Å²) in [4.78, 5) is 0. The van der Waals surface area contributed by atoms with Gasteiger partial charge in [0.05, 0.1) is 13.7 Å². The van der Waals surface area contributed by atoms with E-state index in [-0.39, 0.29) is 12.4 Å². The molecule has 3 nitrogen and oxygen atoms in total. The van der Waals surface area contributed by atoms with Gasteiger partial charge in [0.25, 0.3) is 0 Å². The van der Waals surface area contributed by atoms with E-state index < -0.39 is 0 Å². The number of rotatable bonds is 4. The van der Waals surface area contributed by atoms with E-state index in [0.29, 0.717) is 17.9 Å². The second-order valence-electron chi connectivity index (χ2n) is 4.28. The van der Waals surface area contributed by atoms with Crippen molar-refractivity contribution >= 4 is 0 Å². The van der Waals surface area contributed by atoms with Crippen LogP contribution in [0.15, 0.2) is 42.5 Å². The maximum atomic E-state index is 13.3. The lowest BCUT2D eigenvalue weighted by molar-refractivity contribution is 0.303. The van der Waals surface area contributed by atoms with Gasteiger partial charge in [-0.25, -0.2) is 4.39 Å². The van der Waals surface area contributed by atoms with Gasteiger partial charge in [-0.3, -0.25) is 0 Å². The lowest BCUT2D eigenvalue weighted by atomic mass is 10.1. The lowest BCUT2D eigenvalue weighted by Crippen LogP contribution is -2.00. The van der Waals surface area contributed by atoms with Crippen molar-refractivity contribution < 1.29 is 13.9 Å². The van der Waals surface area contributed by atoms with Crippen LogP contribution in [-0.2, 0) is 6.61 Å². The highest BCUT2D eigenvalue weighted by Crippen LogP contribution is 2.20. The molecular formula is C17H16FNO2. The molecule has 0 amide bonds. The summed E-state index contributed by atoms with van der Waals surface area (Å²) in [6.07, 6.45) is 0. The molecule has 108 valence electrons. The highest BCUT2D eigenvalue weighted by molar-refractivity contribution is 5.42. The van der Waals surface area contributed by atoms with Crippen molar-refractivity contribution in [3.63, 3.8) is 0 Å². The fourth-order valence-electron chi connectivity index (χ4n) is 1.79. The number of ether oxygens (including phenoxy) is 2. The Balaban J connectivity index is 2.15. The van der Waals surface area contributed by atoms with E-state index in [0.717, 1.165) is 11.3 Å². The summed E-state index contributed by atoms with van der Waals surface area (Å²) < 4.78 is 24.1. The summed E-state index contributed by atoms with van der Waals surface area (Å²) in [5.41, 5.74) is 6.74. The molecule has 0 aliphatic rings. The summed E-state index contributed by atoms with van der Waals surface area (Å²) in [5, 5.41) is 0. The third-order valence-electron chi connectivity index (χ3n) is 2.83. The first kappa shape index (κ1) is 14.9. The normalized spacial score (nSPS) is 9.67. The third kappa shape index (κ3) is 4.23. The van der Waals surface area contributed by atoms with Gasteiger partial charge in [0.2, 0.25) is 0 Å². The standard InChI is InChI=1S/C17H16FNO2/c1-20-16-5-2-6-17(11-16)21-12-14-7-8-15(18)10-13(14)4-3-9-19/h2,5-8,10-11H,9,12,19H2,1H3. The number of hydrogen-bond donors (Lipinski definition) is 1. The second kappa shape index (κ2) is 7.32. The first-order valence-electron chi connectivity index (χ1n) is 6.47. The number of benzene rings is 2. The number of methoxy groups -OCH3 is 1. The van der Waals surface area contributed by atoms with E-state index in [2.05, 4.69) is 11.8 Å². The molecule has 2 rings (SSSR count). The molecule has 0 spiro atoms. The van der Waals surface area contributed by atoms with E-state index >= 15 is 0 Å². The van der Waals surface area contributed by atoms with Crippen molar-refractivity contribution in [2.45, 2.75) is 6.61 Å². The van der Waals surface area contributed by atoms with Gasteiger partial charge in [0, 0.05) is 17.2 Å². The van der Waals surface area contributed by atoms with Crippen molar-refractivity contribution in [2.24, 2.45) is 5.73 Å². The maximum absolute atomic E-state index is 13.3. The highest BCUT2D eigenvalue weighted by atomic mass is 19.1. The quantitative estimate of drug-likeness (QED) is 0.878. The first-order chi connectivity index (χ1) is 10.2. The topological polar surface area (TPSA) is 44.5 Å². The maximum Gasteiger partial charge on any atom is 0.124 e. The minimum absolute atomic E-state index is 0.229. The van der Waals surface area contributed by atoms with Crippen LogP contribution in [0.2, 0.25) is 0 Å². The second-order valence-corrected chi connectivity index (χ2v) is 4.28. The van der Waals surface area contributed by atoms with Crippen LogP contribution in [0, 0.1) is 17.7 Å². The van der Waals surface area contributed by atoms with Crippen LogP contribution in [0.4, 0.5) is 4.39 Å². The lowest BCUT2D eigenvalue weighted by Gasteiger charge is -2.09. The third-order valence-corrected chi connectivity index (χ3v) is 2.83. The molecule has 2 aromatic rings. The van der Waals surface area contributed by atoms with E-state index in [9.17, 15) is 4.39 Å². The minimum Gasteiger partial charge on any atom is -0.497 e. The van der Waals surface area contributed by atoms with Crippen molar-refractivity contribution in [3.8, 4) is 23.3 Å². The van der Waals surface area contributed by atoms with Gasteiger partial charge >= 0.3 is 0 Å². The number of halogens is 1. The number of nitrogens with two attached hydrogens (primary N) is 1. The fraction of sp³-hybridized carbons (Fsp3) is 0.176. The Bertz CT molecular complexity index is 674. The predicted octanol–water partition coefficient (Wildman–Crippen LogP) is 2.72. The molecule has 21 heavy (non-hydrogen) atoms. The van der Waals surface area contributed by atoms with Crippen molar-refractivity contribution in [1.82, 2.24) is 0 Å². The Labute approximate surface area is 123 Å². The average molecular weight is 285 g/mol. The molecule has 0 aliphatic carbocycles. The molecule has 2 aromatic carbocycles. The van der Waals surface area contributed by atoms with Crippen LogP contribution in [-0.4, -0.2) is 13.7 Å². The molecule has 0 unspecified atom stereocenters. The summed E-state index contributed by atoms with van der Waals surface area (Å²) in [7, 11) is 1.60. The van der Waals surface area contributed by atoms with Crippen LogP contribution < -0.4 is 15.2 Å². The monoisotopic (exact) mass is 285 g/mol. The Morgan fingerprint density at radius 1 is 1.14 bits per heavy atom. The van der Waals surface area contributed by atoms with Crippen molar-refractivity contribution in [1.29, 1.82) is 0 Å².